The highest BCUT2D eigenvalue weighted by molar-refractivity contribution is 7.16. The molecule has 2 heterocycles. The lowest BCUT2D eigenvalue weighted by atomic mass is 10.1. The fourth-order valence-electron chi connectivity index (χ4n) is 1.75. The third-order valence-electron chi connectivity index (χ3n) is 2.48. The van der Waals surface area contributed by atoms with Gasteiger partial charge in [0.1, 0.15) is 11.6 Å². The van der Waals surface area contributed by atoms with Crippen LogP contribution in [0.3, 0.4) is 0 Å². The Labute approximate surface area is 102 Å². The molecule has 0 saturated heterocycles. The minimum absolute atomic E-state index is 0.497. The van der Waals surface area contributed by atoms with Gasteiger partial charge in [0, 0.05) is 11.6 Å². The summed E-state index contributed by atoms with van der Waals surface area (Å²) in [4.78, 5) is 12.7. The Morgan fingerprint density at radius 2 is 2.06 bits per heavy atom. The van der Waals surface area contributed by atoms with Gasteiger partial charge in [-0.3, -0.25) is 0 Å². The molecular weight excluding hydrogens is 232 g/mol. The fraction of sp³-hybridized carbons (Fsp3) is 0.0833. The van der Waals surface area contributed by atoms with Gasteiger partial charge in [0.25, 0.3) is 0 Å². The van der Waals surface area contributed by atoms with Crippen LogP contribution in [0.15, 0.2) is 29.8 Å². The molecule has 17 heavy (non-hydrogen) atoms. The first-order valence-corrected chi connectivity index (χ1v) is 6.05. The fourth-order valence-corrected chi connectivity index (χ4v) is 2.47. The summed E-state index contributed by atoms with van der Waals surface area (Å²) >= 11 is 1.62. The second-order valence-electron chi connectivity index (χ2n) is 3.76. The van der Waals surface area contributed by atoms with Crippen LogP contribution in [0, 0.1) is 6.92 Å². The van der Waals surface area contributed by atoms with E-state index in [0.717, 1.165) is 21.5 Å². The van der Waals surface area contributed by atoms with Crippen molar-refractivity contribution in [3.63, 3.8) is 0 Å². The molecule has 0 unspecified atom stereocenters. The first-order valence-electron chi connectivity index (χ1n) is 5.17. The highest BCUT2D eigenvalue weighted by atomic mass is 32.1. The molecule has 2 aromatic heterocycles. The van der Waals surface area contributed by atoms with Gasteiger partial charge in [0.2, 0.25) is 0 Å². The van der Waals surface area contributed by atoms with E-state index in [9.17, 15) is 0 Å². The second-order valence-corrected chi connectivity index (χ2v) is 4.65. The summed E-state index contributed by atoms with van der Waals surface area (Å²) in [7, 11) is 0. The zero-order valence-corrected chi connectivity index (χ0v) is 10.0. The van der Waals surface area contributed by atoms with Crippen molar-refractivity contribution in [2.75, 3.05) is 5.73 Å². The summed E-state index contributed by atoms with van der Waals surface area (Å²) in [6.45, 7) is 1.84. The van der Waals surface area contributed by atoms with E-state index < -0.39 is 0 Å². The van der Waals surface area contributed by atoms with Gasteiger partial charge < -0.3 is 5.73 Å². The van der Waals surface area contributed by atoms with Crippen LogP contribution in [-0.2, 0) is 0 Å². The van der Waals surface area contributed by atoms with E-state index in [1.165, 1.54) is 0 Å². The maximum absolute atomic E-state index is 5.73. The topological polar surface area (TPSA) is 64.7 Å². The normalized spacial score (nSPS) is 10.9. The Morgan fingerprint density at radius 3 is 2.88 bits per heavy atom. The summed E-state index contributed by atoms with van der Waals surface area (Å²) in [5, 5.41) is 0. The van der Waals surface area contributed by atoms with E-state index in [0.29, 0.717) is 11.6 Å². The minimum atomic E-state index is 0.497. The third-order valence-corrected chi connectivity index (χ3v) is 3.28. The van der Waals surface area contributed by atoms with Gasteiger partial charge in [-0.05, 0) is 19.1 Å². The van der Waals surface area contributed by atoms with E-state index in [1.807, 2.05) is 24.6 Å². The van der Waals surface area contributed by atoms with E-state index in [1.54, 1.807) is 17.4 Å². The number of nitrogens with two attached hydrogens (primary N) is 1. The average molecular weight is 242 g/mol. The molecule has 0 saturated carbocycles. The minimum Gasteiger partial charge on any atom is -0.384 e. The van der Waals surface area contributed by atoms with Crippen molar-refractivity contribution < 1.29 is 0 Å². The summed E-state index contributed by atoms with van der Waals surface area (Å²) in [6, 6.07) is 7.86. The number of anilines is 1. The molecule has 0 fully saturated rings. The molecule has 3 rings (SSSR count). The highest BCUT2D eigenvalue weighted by Crippen LogP contribution is 2.25. The quantitative estimate of drug-likeness (QED) is 0.712. The lowest BCUT2D eigenvalue weighted by molar-refractivity contribution is 1.07. The van der Waals surface area contributed by atoms with Gasteiger partial charge in [0.15, 0.2) is 0 Å². The van der Waals surface area contributed by atoms with Crippen molar-refractivity contribution in [1.29, 1.82) is 0 Å². The van der Waals surface area contributed by atoms with Crippen LogP contribution in [0.2, 0.25) is 0 Å². The van der Waals surface area contributed by atoms with E-state index in [4.69, 9.17) is 5.73 Å². The number of aromatic nitrogens is 3. The van der Waals surface area contributed by atoms with Crippen LogP contribution < -0.4 is 5.73 Å². The molecule has 0 aliphatic carbocycles. The SMILES string of the molecule is Cc1nc(N)cc(-c2ccc3ncsc3c2)n1. The second kappa shape index (κ2) is 3.78. The van der Waals surface area contributed by atoms with E-state index in [-0.39, 0.29) is 0 Å². The van der Waals surface area contributed by atoms with Crippen molar-refractivity contribution in [2.24, 2.45) is 0 Å². The number of nitrogens with zero attached hydrogens (tertiary/aromatic N) is 3. The molecule has 0 bridgehead atoms. The largest absolute Gasteiger partial charge is 0.384 e. The molecule has 0 atom stereocenters. The van der Waals surface area contributed by atoms with Crippen molar-refractivity contribution in [3.8, 4) is 11.3 Å². The lowest BCUT2D eigenvalue weighted by Crippen LogP contribution is -1.97. The van der Waals surface area contributed by atoms with Gasteiger partial charge in [-0.25, -0.2) is 15.0 Å². The predicted octanol–water partition coefficient (Wildman–Crippen LogP) is 2.64. The van der Waals surface area contributed by atoms with Crippen LogP contribution in [0.4, 0.5) is 5.82 Å². The van der Waals surface area contributed by atoms with Gasteiger partial charge in [-0.15, -0.1) is 11.3 Å². The molecule has 4 nitrogen and oxygen atoms in total. The summed E-state index contributed by atoms with van der Waals surface area (Å²) in [5.74, 6) is 1.18. The molecule has 5 heteroatoms. The number of benzene rings is 1. The number of thiazole rings is 1. The number of fused-ring (bicyclic) bond motifs is 1. The standard InChI is InChI=1S/C12H10N4S/c1-7-15-10(5-12(13)16-7)8-2-3-9-11(4-8)17-6-14-9/h2-6H,1H3,(H2,13,15,16). The Morgan fingerprint density at radius 1 is 1.18 bits per heavy atom. The first-order chi connectivity index (χ1) is 8.22. The van der Waals surface area contributed by atoms with Crippen molar-refractivity contribution >= 4 is 27.4 Å². The average Bonchev–Trinajstić information content (AvgIpc) is 2.74. The van der Waals surface area contributed by atoms with Crippen molar-refractivity contribution in [2.45, 2.75) is 6.92 Å². The Hall–Kier alpha value is -2.01. The van der Waals surface area contributed by atoms with Gasteiger partial charge in [-0.2, -0.15) is 0 Å². The summed E-state index contributed by atoms with van der Waals surface area (Å²) in [6.07, 6.45) is 0. The predicted molar refractivity (Wildman–Crippen MR) is 69.8 cm³/mol. The molecule has 2 N–H and O–H groups in total. The van der Waals surface area contributed by atoms with Gasteiger partial charge in [-0.1, -0.05) is 6.07 Å². The third kappa shape index (κ3) is 1.85. The maximum atomic E-state index is 5.73. The monoisotopic (exact) mass is 242 g/mol. The maximum Gasteiger partial charge on any atom is 0.128 e. The number of hydrogen-bond donors (Lipinski definition) is 1. The van der Waals surface area contributed by atoms with E-state index in [2.05, 4.69) is 21.0 Å². The van der Waals surface area contributed by atoms with Gasteiger partial charge >= 0.3 is 0 Å². The number of hydrogen-bond acceptors (Lipinski definition) is 5. The molecular formula is C12H10N4S. The van der Waals surface area contributed by atoms with Crippen LogP contribution in [0.25, 0.3) is 21.5 Å². The molecule has 3 aromatic rings. The zero-order chi connectivity index (χ0) is 11.8. The number of aryl methyl sites for hydroxylation is 1. The summed E-state index contributed by atoms with van der Waals surface area (Å²) < 4.78 is 1.15. The van der Waals surface area contributed by atoms with Crippen LogP contribution >= 0.6 is 11.3 Å². The lowest BCUT2D eigenvalue weighted by Gasteiger charge is -2.03. The molecule has 0 spiro atoms. The number of nitrogen functional groups attached to an aromatic ring is 1. The van der Waals surface area contributed by atoms with Gasteiger partial charge in [0.05, 0.1) is 21.4 Å². The zero-order valence-electron chi connectivity index (χ0n) is 9.21. The Balaban J connectivity index is 2.19. The Kier molecular flexibility index (Phi) is 2.26. The molecule has 84 valence electrons. The molecule has 0 aliphatic rings. The van der Waals surface area contributed by atoms with Crippen LogP contribution in [0.1, 0.15) is 5.82 Å². The Bertz CT molecular complexity index is 670. The summed E-state index contributed by atoms with van der Waals surface area (Å²) in [5.41, 5.74) is 10.5. The smallest absolute Gasteiger partial charge is 0.128 e. The van der Waals surface area contributed by atoms with Crippen molar-refractivity contribution in [1.82, 2.24) is 15.0 Å². The molecule has 0 amide bonds. The van der Waals surface area contributed by atoms with E-state index >= 15 is 0 Å². The molecule has 0 aliphatic heterocycles. The first kappa shape index (κ1) is 10.2. The molecule has 0 radical (unpaired) electrons. The van der Waals surface area contributed by atoms with Crippen LogP contribution in [-0.4, -0.2) is 15.0 Å². The number of rotatable bonds is 1. The van der Waals surface area contributed by atoms with Crippen molar-refractivity contribution in [3.05, 3.63) is 35.6 Å². The highest BCUT2D eigenvalue weighted by Gasteiger charge is 2.04. The van der Waals surface area contributed by atoms with Crippen LogP contribution in [0.5, 0.6) is 0 Å². The molecule has 1 aromatic carbocycles.